The van der Waals surface area contributed by atoms with Gasteiger partial charge in [0.15, 0.2) is 11.5 Å². The SMILES string of the molecule is COc1cc(OC)cc([C@](C#N)(CCCN(C)CCc2cc(OC)c(OC)c(OC)c2)C(C)C)c1. The van der Waals surface area contributed by atoms with Crippen molar-refractivity contribution in [3.8, 4) is 34.8 Å². The van der Waals surface area contributed by atoms with Crippen molar-refractivity contribution in [1.29, 1.82) is 5.26 Å². The van der Waals surface area contributed by atoms with Crippen LogP contribution in [0.15, 0.2) is 30.3 Å². The Morgan fingerprint density at radius 3 is 1.83 bits per heavy atom. The van der Waals surface area contributed by atoms with Crippen molar-refractivity contribution in [3.63, 3.8) is 0 Å². The maximum absolute atomic E-state index is 10.3. The molecule has 0 aromatic heterocycles. The zero-order valence-electron chi connectivity index (χ0n) is 22.4. The van der Waals surface area contributed by atoms with Crippen LogP contribution in [0.3, 0.4) is 0 Å². The number of likely N-dealkylation sites (N-methyl/N-ethyl adjacent to an activating group) is 1. The van der Waals surface area contributed by atoms with Crippen LogP contribution in [0.4, 0.5) is 0 Å². The Labute approximate surface area is 210 Å². The molecule has 2 aromatic carbocycles. The zero-order chi connectivity index (χ0) is 26.0. The number of hydrogen-bond donors (Lipinski definition) is 0. The second-order valence-electron chi connectivity index (χ2n) is 9.03. The predicted octanol–water partition coefficient (Wildman–Crippen LogP) is 5.10. The van der Waals surface area contributed by atoms with Crippen LogP contribution < -0.4 is 23.7 Å². The molecule has 2 aromatic rings. The number of benzene rings is 2. The molecule has 35 heavy (non-hydrogen) atoms. The standard InChI is InChI=1S/C28H40N2O5/c1-20(2)28(19-29,22-16-23(31-4)18-24(17-22)32-5)11-9-12-30(3)13-10-21-14-25(33-6)27(35-8)26(15-21)34-7/h14-18,20H,9-13H2,1-8H3/t28-/m0/s1. The lowest BCUT2D eigenvalue weighted by Gasteiger charge is -2.32. The Balaban J connectivity index is 2.08. The molecule has 0 fully saturated rings. The van der Waals surface area contributed by atoms with E-state index < -0.39 is 5.41 Å². The van der Waals surface area contributed by atoms with Gasteiger partial charge in [-0.15, -0.1) is 0 Å². The summed E-state index contributed by atoms with van der Waals surface area (Å²) in [5.41, 5.74) is 1.42. The maximum atomic E-state index is 10.3. The van der Waals surface area contributed by atoms with E-state index in [9.17, 15) is 5.26 Å². The van der Waals surface area contributed by atoms with Crippen LogP contribution in [0.5, 0.6) is 28.7 Å². The minimum absolute atomic E-state index is 0.133. The predicted molar refractivity (Wildman–Crippen MR) is 138 cm³/mol. The first kappa shape index (κ1) is 28.1. The molecule has 0 saturated carbocycles. The number of hydrogen-bond acceptors (Lipinski definition) is 7. The molecular formula is C28H40N2O5. The molecule has 0 unspecified atom stereocenters. The fourth-order valence-electron chi connectivity index (χ4n) is 4.42. The highest BCUT2D eigenvalue weighted by molar-refractivity contribution is 5.54. The number of ether oxygens (including phenoxy) is 5. The van der Waals surface area contributed by atoms with Gasteiger partial charge in [0.1, 0.15) is 11.5 Å². The first-order valence-corrected chi connectivity index (χ1v) is 11.9. The van der Waals surface area contributed by atoms with Crippen LogP contribution in [0.25, 0.3) is 0 Å². The van der Waals surface area contributed by atoms with Gasteiger partial charge in [-0.25, -0.2) is 0 Å². The van der Waals surface area contributed by atoms with Gasteiger partial charge in [0, 0.05) is 12.6 Å². The van der Waals surface area contributed by atoms with Crippen molar-refractivity contribution in [2.75, 3.05) is 55.7 Å². The maximum Gasteiger partial charge on any atom is 0.203 e. The van der Waals surface area contributed by atoms with Crippen LogP contribution in [0.2, 0.25) is 0 Å². The number of rotatable bonds is 14. The Kier molecular flexibility index (Phi) is 10.5. The molecular weight excluding hydrogens is 444 g/mol. The van der Waals surface area contributed by atoms with E-state index in [1.54, 1.807) is 35.5 Å². The lowest BCUT2D eigenvalue weighted by Crippen LogP contribution is -2.32. The zero-order valence-corrected chi connectivity index (χ0v) is 22.4. The van der Waals surface area contributed by atoms with Gasteiger partial charge in [0.2, 0.25) is 5.75 Å². The molecule has 0 saturated heterocycles. The van der Waals surface area contributed by atoms with Crippen LogP contribution in [-0.4, -0.2) is 60.6 Å². The van der Waals surface area contributed by atoms with Gasteiger partial charge >= 0.3 is 0 Å². The molecule has 7 nitrogen and oxygen atoms in total. The number of nitriles is 1. The third-order valence-corrected chi connectivity index (χ3v) is 6.67. The highest BCUT2D eigenvalue weighted by atomic mass is 16.5. The average molecular weight is 485 g/mol. The summed E-state index contributed by atoms with van der Waals surface area (Å²) in [5.74, 6) is 3.45. The van der Waals surface area contributed by atoms with Crippen molar-refractivity contribution in [3.05, 3.63) is 41.5 Å². The molecule has 0 bridgehead atoms. The van der Waals surface area contributed by atoms with Gasteiger partial charge in [-0.05, 0) is 74.2 Å². The highest BCUT2D eigenvalue weighted by Crippen LogP contribution is 2.40. The Morgan fingerprint density at radius 1 is 0.829 bits per heavy atom. The molecule has 7 heteroatoms. The summed E-state index contributed by atoms with van der Waals surface area (Å²) in [6.07, 6.45) is 2.47. The van der Waals surface area contributed by atoms with E-state index in [0.29, 0.717) is 28.7 Å². The molecule has 0 aliphatic carbocycles. The third kappa shape index (κ3) is 6.73. The molecule has 0 aliphatic rings. The monoisotopic (exact) mass is 484 g/mol. The Hall–Kier alpha value is -3.11. The Morgan fingerprint density at radius 2 is 1.40 bits per heavy atom. The van der Waals surface area contributed by atoms with E-state index in [2.05, 4.69) is 31.9 Å². The lowest BCUT2D eigenvalue weighted by molar-refractivity contribution is 0.292. The van der Waals surface area contributed by atoms with Crippen molar-refractivity contribution in [1.82, 2.24) is 4.90 Å². The van der Waals surface area contributed by atoms with E-state index in [0.717, 1.165) is 43.5 Å². The first-order chi connectivity index (χ1) is 16.8. The second-order valence-corrected chi connectivity index (χ2v) is 9.03. The third-order valence-electron chi connectivity index (χ3n) is 6.67. The summed E-state index contributed by atoms with van der Waals surface area (Å²) in [7, 11) is 10.2. The van der Waals surface area contributed by atoms with Crippen LogP contribution in [0, 0.1) is 17.2 Å². The molecule has 0 amide bonds. The van der Waals surface area contributed by atoms with Crippen LogP contribution >= 0.6 is 0 Å². The second kappa shape index (κ2) is 13.1. The summed E-state index contributed by atoms with van der Waals surface area (Å²) >= 11 is 0. The van der Waals surface area contributed by atoms with Crippen molar-refractivity contribution in [2.45, 2.75) is 38.5 Å². The van der Waals surface area contributed by atoms with E-state index in [1.165, 1.54) is 0 Å². The van der Waals surface area contributed by atoms with Gasteiger partial charge in [0.05, 0.1) is 47.0 Å². The van der Waals surface area contributed by atoms with Gasteiger partial charge in [-0.2, -0.15) is 5.26 Å². The van der Waals surface area contributed by atoms with Gasteiger partial charge in [-0.3, -0.25) is 0 Å². The summed E-state index contributed by atoms with van der Waals surface area (Å²) in [4.78, 5) is 2.29. The van der Waals surface area contributed by atoms with Crippen LogP contribution in [0.1, 0.15) is 37.8 Å². The molecule has 0 radical (unpaired) electrons. The molecule has 1 atom stereocenters. The van der Waals surface area contributed by atoms with Gasteiger partial charge in [-0.1, -0.05) is 13.8 Å². The molecule has 0 spiro atoms. The normalized spacial score (nSPS) is 12.7. The summed E-state index contributed by atoms with van der Waals surface area (Å²) in [6.45, 7) is 5.95. The summed E-state index contributed by atoms with van der Waals surface area (Å²) in [5, 5.41) is 10.3. The van der Waals surface area contributed by atoms with E-state index in [-0.39, 0.29) is 5.92 Å². The fourth-order valence-corrected chi connectivity index (χ4v) is 4.42. The summed E-state index contributed by atoms with van der Waals surface area (Å²) < 4.78 is 27.3. The molecule has 192 valence electrons. The Bertz CT molecular complexity index is 954. The fraction of sp³-hybridized carbons (Fsp3) is 0.536. The van der Waals surface area contributed by atoms with Crippen molar-refractivity contribution >= 4 is 0 Å². The number of nitrogens with zero attached hydrogens (tertiary/aromatic N) is 2. The van der Waals surface area contributed by atoms with Crippen molar-refractivity contribution < 1.29 is 23.7 Å². The van der Waals surface area contributed by atoms with E-state index >= 15 is 0 Å². The van der Waals surface area contributed by atoms with E-state index in [1.807, 2.05) is 30.3 Å². The van der Waals surface area contributed by atoms with Gasteiger partial charge in [0.25, 0.3) is 0 Å². The summed E-state index contributed by atoms with van der Waals surface area (Å²) in [6, 6.07) is 12.4. The smallest absolute Gasteiger partial charge is 0.203 e. The van der Waals surface area contributed by atoms with E-state index in [4.69, 9.17) is 23.7 Å². The molecule has 2 rings (SSSR count). The highest BCUT2D eigenvalue weighted by Gasteiger charge is 2.36. The molecule has 0 heterocycles. The minimum atomic E-state index is -0.626. The largest absolute Gasteiger partial charge is 0.497 e. The lowest BCUT2D eigenvalue weighted by atomic mass is 9.69. The topological polar surface area (TPSA) is 73.2 Å². The minimum Gasteiger partial charge on any atom is -0.497 e. The molecule has 0 aliphatic heterocycles. The first-order valence-electron chi connectivity index (χ1n) is 11.9. The van der Waals surface area contributed by atoms with Crippen molar-refractivity contribution in [2.24, 2.45) is 5.92 Å². The average Bonchev–Trinajstić information content (AvgIpc) is 2.88. The molecule has 0 N–H and O–H groups in total. The van der Waals surface area contributed by atoms with Crippen LogP contribution in [-0.2, 0) is 11.8 Å². The van der Waals surface area contributed by atoms with Gasteiger partial charge < -0.3 is 28.6 Å². The number of methoxy groups -OCH3 is 5. The quantitative estimate of drug-likeness (QED) is 0.369.